The SMILES string of the molecule is COc1ccc(CN(C(C)=O)C(=O)C(C(N)c2c[nH]c3ccccc23)N2CCC(N3CCCCC3)CC2)cc1OC. The van der Waals surface area contributed by atoms with Gasteiger partial charge in [-0.1, -0.05) is 30.7 Å². The molecule has 0 aliphatic carbocycles. The number of H-pyrrole nitrogens is 1. The number of para-hydroxylation sites is 1. The van der Waals surface area contributed by atoms with Crippen LogP contribution in [0.1, 0.15) is 56.2 Å². The van der Waals surface area contributed by atoms with Gasteiger partial charge in [0.1, 0.15) is 6.04 Å². The Hall–Kier alpha value is -3.40. The van der Waals surface area contributed by atoms with E-state index < -0.39 is 12.1 Å². The molecular weight excluding hydrogens is 518 g/mol. The number of aromatic amines is 1. The maximum absolute atomic E-state index is 14.4. The number of imide groups is 1. The number of piperidine rings is 2. The zero-order chi connectivity index (χ0) is 28.9. The Morgan fingerprint density at radius 2 is 1.71 bits per heavy atom. The summed E-state index contributed by atoms with van der Waals surface area (Å²) < 4.78 is 10.8. The fourth-order valence-corrected chi connectivity index (χ4v) is 6.56. The van der Waals surface area contributed by atoms with Gasteiger partial charge < -0.3 is 25.1 Å². The van der Waals surface area contributed by atoms with Crippen molar-refractivity contribution in [2.24, 2.45) is 5.73 Å². The number of fused-ring (bicyclic) bond motifs is 1. The number of likely N-dealkylation sites (tertiary alicyclic amines) is 2. The van der Waals surface area contributed by atoms with Crippen LogP contribution in [0.2, 0.25) is 0 Å². The second-order valence-corrected chi connectivity index (χ2v) is 11.3. The van der Waals surface area contributed by atoms with Crippen LogP contribution in [0.25, 0.3) is 10.9 Å². The van der Waals surface area contributed by atoms with Crippen molar-refractivity contribution in [2.45, 2.75) is 63.7 Å². The van der Waals surface area contributed by atoms with E-state index in [-0.39, 0.29) is 18.4 Å². The van der Waals surface area contributed by atoms with Gasteiger partial charge in [0.25, 0.3) is 0 Å². The van der Waals surface area contributed by atoms with Crippen molar-refractivity contribution in [1.82, 2.24) is 19.7 Å². The molecule has 2 aromatic carbocycles. The molecule has 0 radical (unpaired) electrons. The van der Waals surface area contributed by atoms with Crippen molar-refractivity contribution >= 4 is 22.7 Å². The van der Waals surface area contributed by atoms with Gasteiger partial charge in [0, 0.05) is 43.2 Å². The minimum atomic E-state index is -0.680. The Kier molecular flexibility index (Phi) is 9.27. The number of nitrogens with one attached hydrogen (secondary N) is 1. The highest BCUT2D eigenvalue weighted by molar-refractivity contribution is 5.98. The summed E-state index contributed by atoms with van der Waals surface area (Å²) in [6.45, 7) is 5.40. The standard InChI is InChI=1S/C32H43N5O4/c1-22(38)37(21-23-11-12-28(40-2)29(19-23)41-3)32(39)31(30(33)26-20-34-27-10-6-5-9-25(26)27)36-17-13-24(14-18-36)35-15-7-4-8-16-35/h5-6,9-12,19-20,24,30-31,34H,4,7-8,13-18,21,33H2,1-3H3. The van der Waals surface area contributed by atoms with E-state index in [4.69, 9.17) is 15.2 Å². The van der Waals surface area contributed by atoms with Crippen LogP contribution in [0.5, 0.6) is 11.5 Å². The highest BCUT2D eigenvalue weighted by Crippen LogP contribution is 2.32. The number of ether oxygens (including phenoxy) is 2. The summed E-state index contributed by atoms with van der Waals surface area (Å²) in [5.41, 5.74) is 9.63. The molecule has 2 aliphatic rings. The summed E-state index contributed by atoms with van der Waals surface area (Å²) in [5, 5.41) is 0.996. The molecule has 41 heavy (non-hydrogen) atoms. The first-order chi connectivity index (χ1) is 19.9. The van der Waals surface area contributed by atoms with Crippen LogP contribution < -0.4 is 15.2 Å². The van der Waals surface area contributed by atoms with Gasteiger partial charge in [-0.05, 0) is 68.1 Å². The topological polar surface area (TPSA) is 104 Å². The molecule has 3 heterocycles. The van der Waals surface area contributed by atoms with Gasteiger partial charge in [-0.25, -0.2) is 0 Å². The van der Waals surface area contributed by atoms with Crippen molar-refractivity contribution in [1.29, 1.82) is 0 Å². The lowest BCUT2D eigenvalue weighted by Crippen LogP contribution is -2.58. The monoisotopic (exact) mass is 561 g/mol. The number of aromatic nitrogens is 1. The quantitative estimate of drug-likeness (QED) is 0.406. The second kappa shape index (κ2) is 13.1. The molecule has 1 aromatic heterocycles. The van der Waals surface area contributed by atoms with Gasteiger partial charge in [-0.2, -0.15) is 0 Å². The number of rotatable bonds is 9. The minimum Gasteiger partial charge on any atom is -0.493 e. The van der Waals surface area contributed by atoms with Crippen molar-refractivity contribution in [3.8, 4) is 11.5 Å². The van der Waals surface area contributed by atoms with Crippen LogP contribution in [0.15, 0.2) is 48.7 Å². The summed E-state index contributed by atoms with van der Waals surface area (Å²) in [6, 6.07) is 12.7. The maximum Gasteiger partial charge on any atom is 0.248 e. The molecule has 2 unspecified atom stereocenters. The lowest BCUT2D eigenvalue weighted by molar-refractivity contribution is -0.149. The van der Waals surface area contributed by atoms with Crippen LogP contribution in [-0.2, 0) is 16.1 Å². The highest BCUT2D eigenvalue weighted by atomic mass is 16.5. The van der Waals surface area contributed by atoms with Gasteiger partial charge in [0.15, 0.2) is 11.5 Å². The second-order valence-electron chi connectivity index (χ2n) is 11.3. The molecule has 2 atom stereocenters. The molecule has 0 spiro atoms. The van der Waals surface area contributed by atoms with Gasteiger partial charge in [-0.15, -0.1) is 0 Å². The van der Waals surface area contributed by atoms with Gasteiger partial charge in [0.05, 0.1) is 26.8 Å². The molecule has 3 N–H and O–H groups in total. The lowest BCUT2D eigenvalue weighted by atomic mass is 9.93. The Morgan fingerprint density at radius 1 is 1.00 bits per heavy atom. The van der Waals surface area contributed by atoms with E-state index >= 15 is 0 Å². The number of amides is 2. The molecule has 2 saturated heterocycles. The van der Waals surface area contributed by atoms with E-state index in [1.54, 1.807) is 26.4 Å². The van der Waals surface area contributed by atoms with E-state index in [1.807, 2.05) is 36.5 Å². The number of methoxy groups -OCH3 is 2. The fourth-order valence-electron chi connectivity index (χ4n) is 6.56. The molecule has 2 aliphatic heterocycles. The predicted octanol–water partition coefficient (Wildman–Crippen LogP) is 4.08. The Bertz CT molecular complexity index is 1340. The van der Waals surface area contributed by atoms with Crippen molar-refractivity contribution in [2.75, 3.05) is 40.4 Å². The fraction of sp³-hybridized carbons (Fsp3) is 0.500. The van der Waals surface area contributed by atoms with Crippen LogP contribution in [-0.4, -0.2) is 84.0 Å². The summed E-state index contributed by atoms with van der Waals surface area (Å²) in [7, 11) is 3.15. The van der Waals surface area contributed by atoms with Crippen LogP contribution in [0.3, 0.4) is 0 Å². The summed E-state index contributed by atoms with van der Waals surface area (Å²) in [6.07, 6.45) is 7.71. The third kappa shape index (κ3) is 6.27. The van der Waals surface area contributed by atoms with E-state index in [2.05, 4.69) is 14.8 Å². The molecule has 9 nitrogen and oxygen atoms in total. The highest BCUT2D eigenvalue weighted by Gasteiger charge is 2.40. The Balaban J connectivity index is 1.43. The van der Waals surface area contributed by atoms with E-state index in [0.717, 1.165) is 61.1 Å². The normalized spacial score (nSPS) is 18.6. The van der Waals surface area contributed by atoms with Crippen molar-refractivity contribution in [3.05, 3.63) is 59.8 Å². The summed E-state index contributed by atoms with van der Waals surface area (Å²) in [4.78, 5) is 36.9. The predicted molar refractivity (Wildman–Crippen MR) is 160 cm³/mol. The number of carbonyl (C=O) groups is 2. The number of carbonyl (C=O) groups excluding carboxylic acids is 2. The molecule has 9 heteroatoms. The molecule has 2 fully saturated rings. The van der Waals surface area contributed by atoms with Gasteiger partial charge in [0.2, 0.25) is 11.8 Å². The van der Waals surface area contributed by atoms with E-state index in [9.17, 15) is 9.59 Å². The average Bonchev–Trinajstić information content (AvgIpc) is 3.44. The first-order valence-corrected chi connectivity index (χ1v) is 14.7. The first kappa shape index (κ1) is 29.1. The average molecular weight is 562 g/mol. The minimum absolute atomic E-state index is 0.121. The molecule has 3 aromatic rings. The van der Waals surface area contributed by atoms with Crippen LogP contribution >= 0.6 is 0 Å². The van der Waals surface area contributed by atoms with Crippen LogP contribution in [0, 0.1) is 0 Å². The van der Waals surface area contributed by atoms with Crippen molar-refractivity contribution in [3.63, 3.8) is 0 Å². The summed E-state index contributed by atoms with van der Waals surface area (Å²) >= 11 is 0. The maximum atomic E-state index is 14.4. The van der Waals surface area contributed by atoms with E-state index in [0.29, 0.717) is 17.5 Å². The lowest BCUT2D eigenvalue weighted by Gasteiger charge is -2.44. The number of benzene rings is 2. The molecule has 220 valence electrons. The van der Waals surface area contributed by atoms with Gasteiger partial charge in [-0.3, -0.25) is 19.4 Å². The summed E-state index contributed by atoms with van der Waals surface area (Å²) in [5.74, 6) is 0.547. The molecule has 0 saturated carbocycles. The zero-order valence-corrected chi connectivity index (χ0v) is 24.5. The first-order valence-electron chi connectivity index (χ1n) is 14.7. The molecule has 2 amide bonds. The third-order valence-corrected chi connectivity index (χ3v) is 8.81. The largest absolute Gasteiger partial charge is 0.493 e. The van der Waals surface area contributed by atoms with Gasteiger partial charge >= 0.3 is 0 Å². The number of hydrogen-bond donors (Lipinski definition) is 2. The van der Waals surface area contributed by atoms with E-state index in [1.165, 1.54) is 31.1 Å². The zero-order valence-electron chi connectivity index (χ0n) is 24.5. The smallest absolute Gasteiger partial charge is 0.248 e. The third-order valence-electron chi connectivity index (χ3n) is 8.81. The number of hydrogen-bond acceptors (Lipinski definition) is 7. The Labute approximate surface area is 242 Å². The van der Waals surface area contributed by atoms with Crippen molar-refractivity contribution < 1.29 is 19.1 Å². The molecular formula is C32H43N5O4. The molecule has 5 rings (SSSR count). The van der Waals surface area contributed by atoms with Crippen LogP contribution in [0.4, 0.5) is 0 Å². The molecule has 0 bridgehead atoms. The Morgan fingerprint density at radius 3 is 2.39 bits per heavy atom. The number of nitrogens with two attached hydrogens (primary N) is 1. The number of nitrogens with zero attached hydrogens (tertiary/aromatic N) is 3.